The maximum Gasteiger partial charge on any atom is 0.337 e. The first-order valence-corrected chi connectivity index (χ1v) is 5.19. The van der Waals surface area contributed by atoms with Crippen LogP contribution >= 0.6 is 0 Å². The van der Waals surface area contributed by atoms with Gasteiger partial charge in [-0.1, -0.05) is 17.7 Å². The number of hydrogen-bond donors (Lipinski definition) is 2. The molecule has 0 amide bonds. The molecule has 0 spiro atoms. The molecule has 0 aliphatic rings. The largest absolute Gasteiger partial charge is 0.478 e. The molecule has 17 heavy (non-hydrogen) atoms. The number of aromatic nitrogens is 1. The van der Waals surface area contributed by atoms with Crippen molar-refractivity contribution in [3.63, 3.8) is 0 Å². The molecule has 0 radical (unpaired) electrons. The number of aryl methyl sites for hydroxylation is 1. The Hall–Kier alpha value is -2.36. The molecule has 86 valence electrons. The van der Waals surface area contributed by atoms with Crippen LogP contribution < -0.4 is 5.32 Å². The zero-order valence-corrected chi connectivity index (χ0v) is 9.34. The Kier molecular flexibility index (Phi) is 3.05. The summed E-state index contributed by atoms with van der Waals surface area (Å²) in [7, 11) is 0. The average Bonchev–Trinajstić information content (AvgIpc) is 2.32. The van der Waals surface area contributed by atoms with Gasteiger partial charge in [0.1, 0.15) is 5.82 Å². The number of rotatable bonds is 3. The van der Waals surface area contributed by atoms with E-state index in [-0.39, 0.29) is 5.56 Å². The number of anilines is 2. The lowest BCUT2D eigenvalue weighted by Gasteiger charge is -2.09. The number of nitrogens with one attached hydrogen (secondary N) is 1. The summed E-state index contributed by atoms with van der Waals surface area (Å²) in [5.74, 6) is -0.328. The molecule has 0 aliphatic carbocycles. The minimum atomic E-state index is -0.952. The van der Waals surface area contributed by atoms with E-state index in [1.54, 1.807) is 30.5 Å². The van der Waals surface area contributed by atoms with Crippen molar-refractivity contribution >= 4 is 17.5 Å². The molecule has 0 unspecified atom stereocenters. The highest BCUT2D eigenvalue weighted by Crippen LogP contribution is 2.20. The lowest BCUT2D eigenvalue weighted by atomic mass is 10.1. The maximum atomic E-state index is 11.1. The Morgan fingerprint density at radius 2 is 2.12 bits per heavy atom. The molecule has 2 aromatic rings. The van der Waals surface area contributed by atoms with Gasteiger partial charge < -0.3 is 10.4 Å². The van der Waals surface area contributed by atoms with Gasteiger partial charge in [-0.25, -0.2) is 9.78 Å². The lowest BCUT2D eigenvalue weighted by Crippen LogP contribution is -2.03. The highest BCUT2D eigenvalue weighted by Gasteiger charge is 2.10. The van der Waals surface area contributed by atoms with Crippen molar-refractivity contribution in [3.05, 3.63) is 53.7 Å². The molecule has 1 heterocycles. The van der Waals surface area contributed by atoms with Gasteiger partial charge in [-0.15, -0.1) is 0 Å². The van der Waals surface area contributed by atoms with E-state index < -0.39 is 5.97 Å². The summed E-state index contributed by atoms with van der Waals surface area (Å²) < 4.78 is 0. The molecule has 0 atom stereocenters. The standard InChI is InChI=1S/C13H12N2O2/c1-9-5-6-11(10(8-9)13(16)17)15-12-4-2-3-7-14-12/h2-8H,1H3,(H,14,15)(H,16,17). The topological polar surface area (TPSA) is 62.2 Å². The Morgan fingerprint density at radius 3 is 2.76 bits per heavy atom. The van der Waals surface area contributed by atoms with Crippen LogP contribution in [-0.4, -0.2) is 16.1 Å². The molecule has 2 rings (SSSR count). The van der Waals surface area contributed by atoms with Gasteiger partial charge in [-0.3, -0.25) is 0 Å². The number of hydrogen-bond acceptors (Lipinski definition) is 3. The zero-order valence-electron chi connectivity index (χ0n) is 9.34. The van der Waals surface area contributed by atoms with Gasteiger partial charge >= 0.3 is 5.97 Å². The summed E-state index contributed by atoms with van der Waals surface area (Å²) in [6, 6.07) is 10.7. The summed E-state index contributed by atoms with van der Waals surface area (Å²) in [4.78, 5) is 15.2. The van der Waals surface area contributed by atoms with Gasteiger partial charge in [0, 0.05) is 6.20 Å². The molecule has 0 fully saturated rings. The lowest BCUT2D eigenvalue weighted by molar-refractivity contribution is 0.0698. The van der Waals surface area contributed by atoms with Crippen LogP contribution in [0.2, 0.25) is 0 Å². The van der Waals surface area contributed by atoms with Crippen LogP contribution in [0.3, 0.4) is 0 Å². The van der Waals surface area contributed by atoms with E-state index in [4.69, 9.17) is 5.11 Å². The molecular weight excluding hydrogens is 216 g/mol. The van der Waals surface area contributed by atoms with Crippen molar-refractivity contribution in [2.24, 2.45) is 0 Å². The van der Waals surface area contributed by atoms with Crippen LogP contribution in [0, 0.1) is 6.92 Å². The fourth-order valence-corrected chi connectivity index (χ4v) is 1.52. The van der Waals surface area contributed by atoms with Crippen molar-refractivity contribution in [1.82, 2.24) is 4.98 Å². The Morgan fingerprint density at radius 1 is 1.29 bits per heavy atom. The fraction of sp³-hybridized carbons (Fsp3) is 0.0769. The van der Waals surface area contributed by atoms with Gasteiger partial charge in [-0.05, 0) is 31.2 Å². The van der Waals surface area contributed by atoms with Gasteiger partial charge in [0.2, 0.25) is 0 Å². The first-order chi connectivity index (χ1) is 8.16. The first-order valence-electron chi connectivity index (χ1n) is 5.19. The van der Waals surface area contributed by atoms with Crippen LogP contribution in [0.5, 0.6) is 0 Å². The number of carboxylic acid groups (broad SMARTS) is 1. The van der Waals surface area contributed by atoms with Crippen LogP contribution in [0.4, 0.5) is 11.5 Å². The first kappa shape index (κ1) is 11.1. The van der Waals surface area contributed by atoms with E-state index in [1.165, 1.54) is 0 Å². The maximum absolute atomic E-state index is 11.1. The molecule has 0 saturated heterocycles. The molecular formula is C13H12N2O2. The summed E-state index contributed by atoms with van der Waals surface area (Å²) in [6.07, 6.45) is 1.65. The Bertz CT molecular complexity index is 538. The normalized spacial score (nSPS) is 9.94. The van der Waals surface area contributed by atoms with Crippen LogP contribution in [-0.2, 0) is 0 Å². The van der Waals surface area contributed by atoms with Gasteiger partial charge in [0.05, 0.1) is 11.3 Å². The second-order valence-electron chi connectivity index (χ2n) is 3.69. The number of aromatic carboxylic acids is 1. The fourth-order valence-electron chi connectivity index (χ4n) is 1.52. The van der Waals surface area contributed by atoms with E-state index in [9.17, 15) is 4.79 Å². The van der Waals surface area contributed by atoms with E-state index in [1.807, 2.05) is 19.1 Å². The third-order valence-electron chi connectivity index (χ3n) is 2.33. The predicted molar refractivity (Wildman–Crippen MR) is 65.7 cm³/mol. The summed E-state index contributed by atoms with van der Waals surface area (Å²) in [6.45, 7) is 1.86. The minimum Gasteiger partial charge on any atom is -0.478 e. The van der Waals surface area contributed by atoms with Gasteiger partial charge in [0.15, 0.2) is 0 Å². The Labute approximate surface area is 98.9 Å². The van der Waals surface area contributed by atoms with Gasteiger partial charge in [-0.2, -0.15) is 0 Å². The molecule has 4 nitrogen and oxygen atoms in total. The average molecular weight is 228 g/mol. The molecule has 0 bridgehead atoms. The summed E-state index contributed by atoms with van der Waals surface area (Å²) in [5.41, 5.74) is 1.70. The molecule has 1 aromatic heterocycles. The smallest absolute Gasteiger partial charge is 0.337 e. The summed E-state index contributed by atoms with van der Waals surface area (Å²) in [5, 5.41) is 12.1. The van der Waals surface area contributed by atoms with E-state index in [2.05, 4.69) is 10.3 Å². The van der Waals surface area contributed by atoms with Crippen molar-refractivity contribution in [2.75, 3.05) is 5.32 Å². The third kappa shape index (κ3) is 2.60. The van der Waals surface area contributed by atoms with Crippen LogP contribution in [0.1, 0.15) is 15.9 Å². The second kappa shape index (κ2) is 4.65. The van der Waals surface area contributed by atoms with Crippen molar-refractivity contribution in [2.45, 2.75) is 6.92 Å². The highest BCUT2D eigenvalue weighted by molar-refractivity contribution is 5.95. The van der Waals surface area contributed by atoms with Crippen LogP contribution in [0.15, 0.2) is 42.6 Å². The van der Waals surface area contributed by atoms with Gasteiger partial charge in [0.25, 0.3) is 0 Å². The number of benzene rings is 1. The number of nitrogens with zero attached hydrogens (tertiary/aromatic N) is 1. The zero-order chi connectivity index (χ0) is 12.3. The molecule has 0 saturated carbocycles. The second-order valence-corrected chi connectivity index (χ2v) is 3.69. The Balaban J connectivity index is 2.36. The SMILES string of the molecule is Cc1ccc(Nc2ccccn2)c(C(=O)O)c1. The quantitative estimate of drug-likeness (QED) is 0.847. The molecule has 2 N–H and O–H groups in total. The van der Waals surface area contributed by atoms with Crippen molar-refractivity contribution < 1.29 is 9.90 Å². The van der Waals surface area contributed by atoms with Crippen molar-refractivity contribution in [3.8, 4) is 0 Å². The number of carboxylic acids is 1. The number of pyridine rings is 1. The molecule has 1 aromatic carbocycles. The van der Waals surface area contributed by atoms with Crippen molar-refractivity contribution in [1.29, 1.82) is 0 Å². The van der Waals surface area contributed by atoms with E-state index >= 15 is 0 Å². The molecule has 0 aliphatic heterocycles. The minimum absolute atomic E-state index is 0.246. The summed E-state index contributed by atoms with van der Waals surface area (Å²) >= 11 is 0. The molecule has 4 heteroatoms. The van der Waals surface area contributed by atoms with E-state index in [0.29, 0.717) is 11.5 Å². The number of carbonyl (C=O) groups is 1. The third-order valence-corrected chi connectivity index (χ3v) is 2.33. The monoisotopic (exact) mass is 228 g/mol. The highest BCUT2D eigenvalue weighted by atomic mass is 16.4. The predicted octanol–water partition coefficient (Wildman–Crippen LogP) is 2.83. The van der Waals surface area contributed by atoms with E-state index in [0.717, 1.165) is 5.56 Å². The van der Waals surface area contributed by atoms with Crippen LogP contribution in [0.25, 0.3) is 0 Å².